The number of nitrogen functional groups attached to an aromatic ring is 1. The molecular weight excluding hydrogens is 312 g/mol. The minimum atomic E-state index is -0.0468. The topological polar surface area (TPSA) is 75.7 Å². The van der Waals surface area contributed by atoms with E-state index in [9.17, 15) is 0 Å². The molecule has 2 rings (SSSR count). The third kappa shape index (κ3) is 3.08. The normalized spacial score (nSPS) is 10.3. The van der Waals surface area contributed by atoms with Crippen LogP contribution in [0.25, 0.3) is 0 Å². The standard InChI is InChI=1S/C12H11BrN4S/c1-7-6-9(11(14)15)17-12(16-7)18-10-5-3-2-4-8(10)13/h2-6H,1H3,(H3,14,15). The zero-order chi connectivity index (χ0) is 13.1. The molecule has 2 aromatic rings. The molecule has 1 aromatic heterocycles. The summed E-state index contributed by atoms with van der Waals surface area (Å²) < 4.78 is 0.990. The summed E-state index contributed by atoms with van der Waals surface area (Å²) in [5.41, 5.74) is 6.70. The van der Waals surface area contributed by atoms with Crippen LogP contribution in [0, 0.1) is 12.3 Å². The van der Waals surface area contributed by atoms with E-state index in [1.165, 1.54) is 11.8 Å². The maximum absolute atomic E-state index is 7.42. The highest BCUT2D eigenvalue weighted by atomic mass is 79.9. The largest absolute Gasteiger partial charge is 0.382 e. The van der Waals surface area contributed by atoms with Gasteiger partial charge in [-0.25, -0.2) is 9.97 Å². The number of halogens is 1. The number of benzene rings is 1. The molecule has 3 N–H and O–H groups in total. The summed E-state index contributed by atoms with van der Waals surface area (Å²) >= 11 is 4.92. The van der Waals surface area contributed by atoms with E-state index in [4.69, 9.17) is 11.1 Å². The summed E-state index contributed by atoms with van der Waals surface area (Å²) in [5, 5.41) is 8.01. The van der Waals surface area contributed by atoms with Crippen LogP contribution < -0.4 is 5.73 Å². The zero-order valence-corrected chi connectivity index (χ0v) is 12.0. The molecule has 0 atom stereocenters. The summed E-state index contributed by atoms with van der Waals surface area (Å²) in [7, 11) is 0. The van der Waals surface area contributed by atoms with Crippen molar-refractivity contribution >= 4 is 33.5 Å². The number of nitrogens with zero attached hydrogens (tertiary/aromatic N) is 2. The van der Waals surface area contributed by atoms with Crippen LogP contribution in [0.15, 0.2) is 44.9 Å². The average Bonchev–Trinajstić information content (AvgIpc) is 2.31. The van der Waals surface area contributed by atoms with E-state index in [1.807, 2.05) is 31.2 Å². The Kier molecular flexibility index (Phi) is 3.98. The van der Waals surface area contributed by atoms with Crippen molar-refractivity contribution in [3.63, 3.8) is 0 Å². The first-order chi connectivity index (χ1) is 8.56. The van der Waals surface area contributed by atoms with Gasteiger partial charge in [-0.05, 0) is 52.8 Å². The minimum absolute atomic E-state index is 0.0468. The van der Waals surface area contributed by atoms with Gasteiger partial charge in [-0.2, -0.15) is 0 Å². The first kappa shape index (κ1) is 13.0. The molecule has 0 fully saturated rings. The van der Waals surface area contributed by atoms with Crippen molar-refractivity contribution in [2.45, 2.75) is 17.0 Å². The van der Waals surface area contributed by atoms with E-state index in [1.54, 1.807) is 6.07 Å². The van der Waals surface area contributed by atoms with Crippen molar-refractivity contribution in [1.82, 2.24) is 9.97 Å². The van der Waals surface area contributed by atoms with Crippen LogP contribution in [0.1, 0.15) is 11.4 Å². The van der Waals surface area contributed by atoms with Gasteiger partial charge in [0.05, 0.1) is 0 Å². The maximum atomic E-state index is 7.42. The summed E-state index contributed by atoms with van der Waals surface area (Å²) in [5.74, 6) is -0.0468. The number of amidine groups is 1. The van der Waals surface area contributed by atoms with Crippen molar-refractivity contribution in [2.24, 2.45) is 5.73 Å². The van der Waals surface area contributed by atoms with Crippen molar-refractivity contribution < 1.29 is 0 Å². The van der Waals surface area contributed by atoms with Crippen molar-refractivity contribution in [2.75, 3.05) is 0 Å². The van der Waals surface area contributed by atoms with Crippen molar-refractivity contribution in [3.8, 4) is 0 Å². The molecular formula is C12H11BrN4S. The molecule has 0 radical (unpaired) electrons. The molecule has 1 aromatic carbocycles. The lowest BCUT2D eigenvalue weighted by Crippen LogP contribution is -2.14. The van der Waals surface area contributed by atoms with Gasteiger partial charge in [-0.3, -0.25) is 5.41 Å². The van der Waals surface area contributed by atoms with Crippen molar-refractivity contribution in [3.05, 3.63) is 46.2 Å². The van der Waals surface area contributed by atoms with Crippen LogP contribution in [-0.4, -0.2) is 15.8 Å². The van der Waals surface area contributed by atoms with Crippen LogP contribution in [-0.2, 0) is 0 Å². The molecule has 0 spiro atoms. The Morgan fingerprint density at radius 1 is 1.33 bits per heavy atom. The molecule has 0 aliphatic heterocycles. The van der Waals surface area contributed by atoms with Gasteiger partial charge in [0.15, 0.2) is 5.16 Å². The number of hydrogen-bond acceptors (Lipinski definition) is 4. The molecule has 18 heavy (non-hydrogen) atoms. The molecule has 0 aliphatic rings. The molecule has 0 saturated carbocycles. The summed E-state index contributed by atoms with van der Waals surface area (Å²) in [6, 6.07) is 9.55. The molecule has 0 amide bonds. The van der Waals surface area contributed by atoms with Crippen LogP contribution in [0.5, 0.6) is 0 Å². The lowest BCUT2D eigenvalue weighted by Gasteiger charge is -2.05. The number of rotatable bonds is 3. The van der Waals surface area contributed by atoms with E-state index >= 15 is 0 Å². The predicted octanol–water partition coefficient (Wildman–Crippen LogP) is 2.98. The number of aromatic nitrogens is 2. The van der Waals surface area contributed by atoms with Gasteiger partial charge >= 0.3 is 0 Å². The SMILES string of the molecule is Cc1cc(C(=N)N)nc(Sc2ccccc2Br)n1. The molecule has 0 saturated heterocycles. The highest BCUT2D eigenvalue weighted by molar-refractivity contribution is 9.10. The summed E-state index contributed by atoms with van der Waals surface area (Å²) in [6.45, 7) is 1.86. The lowest BCUT2D eigenvalue weighted by atomic mass is 10.3. The zero-order valence-electron chi connectivity index (χ0n) is 9.64. The summed E-state index contributed by atoms with van der Waals surface area (Å²) in [6.07, 6.45) is 0. The second kappa shape index (κ2) is 5.49. The van der Waals surface area contributed by atoms with Gasteiger partial charge in [0, 0.05) is 15.1 Å². The molecule has 4 nitrogen and oxygen atoms in total. The third-order valence-electron chi connectivity index (χ3n) is 2.15. The Morgan fingerprint density at radius 2 is 2.06 bits per heavy atom. The first-order valence-corrected chi connectivity index (χ1v) is 6.79. The molecule has 0 unspecified atom stereocenters. The smallest absolute Gasteiger partial charge is 0.193 e. The Labute approximate surface area is 118 Å². The second-order valence-corrected chi connectivity index (χ2v) is 5.49. The monoisotopic (exact) mass is 322 g/mol. The Balaban J connectivity index is 2.35. The predicted molar refractivity (Wildman–Crippen MR) is 76.1 cm³/mol. The Hall–Kier alpha value is -1.40. The van der Waals surface area contributed by atoms with E-state index in [0.29, 0.717) is 10.9 Å². The van der Waals surface area contributed by atoms with Crippen LogP contribution >= 0.6 is 27.7 Å². The quantitative estimate of drug-likeness (QED) is 0.517. The molecule has 0 bridgehead atoms. The molecule has 6 heteroatoms. The van der Waals surface area contributed by atoms with Crippen LogP contribution in [0.2, 0.25) is 0 Å². The van der Waals surface area contributed by atoms with E-state index in [0.717, 1.165) is 15.1 Å². The van der Waals surface area contributed by atoms with Crippen molar-refractivity contribution in [1.29, 1.82) is 5.41 Å². The first-order valence-electron chi connectivity index (χ1n) is 5.19. The fourth-order valence-electron chi connectivity index (χ4n) is 1.35. The Bertz CT molecular complexity index is 600. The van der Waals surface area contributed by atoms with Gasteiger partial charge in [-0.15, -0.1) is 0 Å². The fourth-order valence-corrected chi connectivity index (χ4v) is 2.72. The van der Waals surface area contributed by atoms with E-state index < -0.39 is 0 Å². The van der Waals surface area contributed by atoms with Gasteiger partial charge in [0.2, 0.25) is 0 Å². The fraction of sp³-hybridized carbons (Fsp3) is 0.0833. The maximum Gasteiger partial charge on any atom is 0.193 e. The molecule has 1 heterocycles. The third-order valence-corrected chi connectivity index (χ3v) is 4.04. The number of aryl methyl sites for hydroxylation is 1. The van der Waals surface area contributed by atoms with Gasteiger partial charge < -0.3 is 5.73 Å². The van der Waals surface area contributed by atoms with Gasteiger partial charge in [-0.1, -0.05) is 12.1 Å². The van der Waals surface area contributed by atoms with Crippen LogP contribution in [0.4, 0.5) is 0 Å². The Morgan fingerprint density at radius 3 is 2.72 bits per heavy atom. The van der Waals surface area contributed by atoms with E-state index in [-0.39, 0.29) is 5.84 Å². The highest BCUT2D eigenvalue weighted by Crippen LogP contribution is 2.31. The second-order valence-electron chi connectivity index (χ2n) is 3.62. The lowest BCUT2D eigenvalue weighted by molar-refractivity contribution is 0.921. The van der Waals surface area contributed by atoms with Gasteiger partial charge in [0.25, 0.3) is 0 Å². The number of hydrogen-bond donors (Lipinski definition) is 2. The number of nitrogens with one attached hydrogen (secondary N) is 1. The number of nitrogens with two attached hydrogens (primary N) is 1. The summed E-state index contributed by atoms with van der Waals surface area (Å²) in [4.78, 5) is 9.61. The molecule has 92 valence electrons. The van der Waals surface area contributed by atoms with Crippen LogP contribution in [0.3, 0.4) is 0 Å². The average molecular weight is 323 g/mol. The molecule has 0 aliphatic carbocycles. The highest BCUT2D eigenvalue weighted by Gasteiger charge is 2.08. The van der Waals surface area contributed by atoms with E-state index in [2.05, 4.69) is 25.9 Å². The van der Waals surface area contributed by atoms with Gasteiger partial charge in [0.1, 0.15) is 11.5 Å². The minimum Gasteiger partial charge on any atom is -0.382 e.